The Morgan fingerprint density at radius 1 is 1.24 bits per heavy atom. The van der Waals surface area contributed by atoms with Crippen LogP contribution in [-0.4, -0.2) is 46.2 Å². The number of aromatic nitrogens is 3. The van der Waals surface area contributed by atoms with Crippen LogP contribution in [0.3, 0.4) is 0 Å². The molecule has 0 aliphatic rings. The number of nitrogens with zero attached hydrogens (tertiary/aromatic N) is 3. The maximum atomic E-state index is 14.6. The van der Waals surface area contributed by atoms with E-state index in [1.807, 2.05) is 6.08 Å². The van der Waals surface area contributed by atoms with Crippen molar-refractivity contribution < 1.29 is 28.2 Å². The molecule has 0 aliphatic heterocycles. The van der Waals surface area contributed by atoms with E-state index in [0.717, 1.165) is 6.04 Å². The number of amides is 1. The van der Waals surface area contributed by atoms with Gasteiger partial charge in [-0.15, -0.1) is 0 Å². The molecule has 37 heavy (non-hydrogen) atoms. The second kappa shape index (κ2) is 13.1. The van der Waals surface area contributed by atoms with Crippen LogP contribution in [0.2, 0.25) is 25.7 Å². The Kier molecular flexibility index (Phi) is 9.92. The zero-order valence-corrected chi connectivity index (χ0v) is 22.3. The first-order chi connectivity index (χ1) is 17.7. The molecule has 2 N–H and O–H groups in total. The number of rotatable bonds is 14. The molecule has 198 valence electrons. The topological polar surface area (TPSA) is 119 Å². The third kappa shape index (κ3) is 8.50. The number of nitrogens with one attached hydrogen (secondary N) is 1. The van der Waals surface area contributed by atoms with Crippen molar-refractivity contribution in [1.82, 2.24) is 19.9 Å². The van der Waals surface area contributed by atoms with Crippen molar-refractivity contribution >= 4 is 20.0 Å². The lowest BCUT2D eigenvalue weighted by molar-refractivity contribution is 0.0847. The quantitative estimate of drug-likeness (QED) is 0.116. The van der Waals surface area contributed by atoms with Crippen LogP contribution in [0.4, 0.5) is 9.18 Å². The highest BCUT2D eigenvalue weighted by Crippen LogP contribution is 2.28. The zero-order chi connectivity index (χ0) is 26.8. The van der Waals surface area contributed by atoms with Crippen LogP contribution in [0.15, 0.2) is 59.7 Å². The van der Waals surface area contributed by atoms with Crippen LogP contribution < -0.4 is 5.32 Å². The van der Waals surface area contributed by atoms with E-state index >= 15 is 0 Å². The molecular weight excluding hydrogens is 495 g/mol. The molecule has 0 fully saturated rings. The molecule has 1 amide bonds. The van der Waals surface area contributed by atoms with Gasteiger partial charge in [-0.1, -0.05) is 43.9 Å². The number of Topliss-reactive ketones (excluding diaryl/α,β-unsaturated/α-hetero) is 1. The van der Waals surface area contributed by atoms with Gasteiger partial charge < -0.3 is 24.1 Å². The Hall–Kier alpha value is -3.57. The molecule has 0 saturated carbocycles. The fourth-order valence-electron chi connectivity index (χ4n) is 3.64. The molecule has 3 rings (SSSR count). The summed E-state index contributed by atoms with van der Waals surface area (Å²) in [5.41, 5.74) is 1.13. The van der Waals surface area contributed by atoms with E-state index in [9.17, 15) is 19.1 Å². The number of ether oxygens (including phenoxy) is 1. The van der Waals surface area contributed by atoms with Gasteiger partial charge in [-0.05, 0) is 31.0 Å². The predicted molar refractivity (Wildman–Crippen MR) is 139 cm³/mol. The number of allylic oxidation sites excluding steroid dienone is 1. The van der Waals surface area contributed by atoms with Crippen molar-refractivity contribution in [3.63, 3.8) is 0 Å². The van der Waals surface area contributed by atoms with Gasteiger partial charge in [0.2, 0.25) is 0 Å². The minimum Gasteiger partial charge on any atom is -0.465 e. The number of hydrogen-bond donors (Lipinski definition) is 2. The number of halogens is 1. The van der Waals surface area contributed by atoms with E-state index in [0.29, 0.717) is 30.1 Å². The molecule has 3 aromatic rings. The Labute approximate surface area is 216 Å². The molecule has 0 radical (unpaired) electrons. The second-order valence-corrected chi connectivity index (χ2v) is 15.4. The Morgan fingerprint density at radius 2 is 2.03 bits per heavy atom. The van der Waals surface area contributed by atoms with E-state index in [2.05, 4.69) is 34.9 Å². The summed E-state index contributed by atoms with van der Waals surface area (Å²) >= 11 is 0. The maximum Gasteiger partial charge on any atom is 0.405 e. The summed E-state index contributed by atoms with van der Waals surface area (Å²) in [5.74, 6) is -0.132. The smallest absolute Gasteiger partial charge is 0.405 e. The molecule has 0 aliphatic carbocycles. The SMILES string of the molecule is C[Si](C)(C)CCOCn1c(-c2ccccc2F)cnc1C(C/C=C/CCC(=O)c1cocn1)NC(=O)O. The number of ketones is 1. The minimum atomic E-state index is -1.32. The van der Waals surface area contributed by atoms with E-state index in [4.69, 9.17) is 9.15 Å². The maximum absolute atomic E-state index is 14.6. The monoisotopic (exact) mass is 528 g/mol. The number of imidazole rings is 1. The van der Waals surface area contributed by atoms with Crippen molar-refractivity contribution in [2.24, 2.45) is 0 Å². The molecule has 0 saturated heterocycles. The summed E-state index contributed by atoms with van der Waals surface area (Å²) in [7, 11) is -1.32. The van der Waals surface area contributed by atoms with Crippen LogP contribution in [0.25, 0.3) is 11.3 Å². The normalized spacial score (nSPS) is 12.6. The second-order valence-electron chi connectivity index (χ2n) is 9.80. The van der Waals surface area contributed by atoms with Crippen LogP contribution >= 0.6 is 0 Å². The molecule has 1 unspecified atom stereocenters. The number of hydrogen-bond acceptors (Lipinski definition) is 6. The minimum absolute atomic E-state index is 0.108. The van der Waals surface area contributed by atoms with Crippen molar-refractivity contribution in [1.29, 1.82) is 0 Å². The van der Waals surface area contributed by atoms with Crippen molar-refractivity contribution in [3.8, 4) is 11.3 Å². The molecule has 2 aromatic heterocycles. The number of carbonyl (C=O) groups excluding carboxylic acids is 1. The highest BCUT2D eigenvalue weighted by molar-refractivity contribution is 6.76. The highest BCUT2D eigenvalue weighted by Gasteiger charge is 2.23. The van der Waals surface area contributed by atoms with E-state index in [-0.39, 0.29) is 31.0 Å². The van der Waals surface area contributed by atoms with E-state index in [1.54, 1.807) is 28.8 Å². The van der Waals surface area contributed by atoms with E-state index < -0.39 is 26.0 Å². The Bertz CT molecular complexity index is 1200. The number of benzene rings is 1. The molecule has 9 nitrogen and oxygen atoms in total. The van der Waals surface area contributed by atoms with Crippen molar-refractivity contribution in [3.05, 3.63) is 72.6 Å². The van der Waals surface area contributed by atoms with Gasteiger partial charge in [-0.3, -0.25) is 4.79 Å². The van der Waals surface area contributed by atoms with Crippen LogP contribution in [-0.2, 0) is 11.5 Å². The number of oxazole rings is 1. The third-order valence-corrected chi connectivity index (χ3v) is 7.36. The van der Waals surface area contributed by atoms with Crippen LogP contribution in [0.5, 0.6) is 0 Å². The lowest BCUT2D eigenvalue weighted by Crippen LogP contribution is -2.29. The standard InChI is InChI=1S/C26H33FN4O5Si/c1-37(2,3)14-13-35-18-31-23(19-9-7-8-10-20(19)27)15-28-25(31)21(30-26(33)34)11-5-4-6-12-24(32)22-16-36-17-29-22/h4-5,7-10,15-17,21,30H,6,11-14,18H2,1-3H3,(H,33,34)/b5-4+. The fraction of sp³-hybridized carbons (Fsp3) is 0.385. The van der Waals surface area contributed by atoms with Gasteiger partial charge in [0.1, 0.15) is 30.3 Å². The van der Waals surface area contributed by atoms with Gasteiger partial charge in [0.05, 0.1) is 17.9 Å². The van der Waals surface area contributed by atoms with Gasteiger partial charge in [-0.2, -0.15) is 0 Å². The van der Waals surface area contributed by atoms with Crippen molar-refractivity contribution in [2.45, 2.75) is 57.7 Å². The third-order valence-electron chi connectivity index (χ3n) is 5.66. The number of carbonyl (C=O) groups is 2. The molecule has 11 heteroatoms. The van der Waals surface area contributed by atoms with Gasteiger partial charge in [-0.25, -0.2) is 19.2 Å². The fourth-order valence-corrected chi connectivity index (χ4v) is 4.40. The summed E-state index contributed by atoms with van der Waals surface area (Å²) in [5, 5.41) is 12.0. The van der Waals surface area contributed by atoms with Gasteiger partial charge >= 0.3 is 6.09 Å². The first kappa shape index (κ1) is 28.0. The average molecular weight is 529 g/mol. The Morgan fingerprint density at radius 3 is 2.70 bits per heavy atom. The molecule has 0 spiro atoms. The molecule has 1 aromatic carbocycles. The summed E-state index contributed by atoms with van der Waals surface area (Å²) in [4.78, 5) is 32.0. The highest BCUT2D eigenvalue weighted by atomic mass is 28.3. The molecule has 2 heterocycles. The zero-order valence-electron chi connectivity index (χ0n) is 21.3. The lowest BCUT2D eigenvalue weighted by atomic mass is 10.1. The van der Waals surface area contributed by atoms with Gasteiger partial charge in [0.15, 0.2) is 12.2 Å². The first-order valence-corrected chi connectivity index (χ1v) is 15.8. The largest absolute Gasteiger partial charge is 0.465 e. The Balaban J connectivity index is 1.78. The summed E-state index contributed by atoms with van der Waals surface area (Å²) in [6.45, 7) is 7.41. The van der Waals surface area contributed by atoms with Crippen molar-refractivity contribution in [2.75, 3.05) is 6.61 Å². The molecule has 1 atom stereocenters. The summed E-state index contributed by atoms with van der Waals surface area (Å²) < 4.78 is 27.1. The molecular formula is C26H33FN4O5Si. The van der Waals surface area contributed by atoms with Gasteiger partial charge in [0, 0.05) is 26.7 Å². The van der Waals surface area contributed by atoms with E-state index in [1.165, 1.54) is 24.9 Å². The number of carboxylic acid groups (broad SMARTS) is 1. The summed E-state index contributed by atoms with van der Waals surface area (Å²) in [6, 6.07) is 6.61. The van der Waals surface area contributed by atoms with Crippen LogP contribution in [0, 0.1) is 5.82 Å². The average Bonchev–Trinajstić information content (AvgIpc) is 3.51. The molecule has 0 bridgehead atoms. The van der Waals surface area contributed by atoms with Gasteiger partial charge in [0.25, 0.3) is 0 Å². The summed E-state index contributed by atoms with van der Waals surface area (Å²) in [6.07, 6.45) is 7.43. The predicted octanol–water partition coefficient (Wildman–Crippen LogP) is 5.91. The first-order valence-electron chi connectivity index (χ1n) is 12.1. The van der Waals surface area contributed by atoms with Crippen LogP contribution in [0.1, 0.15) is 41.6 Å². The lowest BCUT2D eigenvalue weighted by Gasteiger charge is -2.20.